The third-order valence-electron chi connectivity index (χ3n) is 2.96. The quantitative estimate of drug-likeness (QED) is 0.840. The zero-order valence-electron chi connectivity index (χ0n) is 10.3. The minimum atomic E-state index is 0.556. The summed E-state index contributed by atoms with van der Waals surface area (Å²) in [4.78, 5) is 0. The van der Waals surface area contributed by atoms with Crippen molar-refractivity contribution in [3.63, 3.8) is 0 Å². The molecule has 0 amide bonds. The lowest BCUT2D eigenvalue weighted by Gasteiger charge is -2.20. The molecule has 1 aliphatic heterocycles. The van der Waals surface area contributed by atoms with Crippen molar-refractivity contribution >= 4 is 0 Å². The molecule has 16 heavy (non-hydrogen) atoms. The third kappa shape index (κ3) is 2.76. The molecule has 1 heterocycles. The minimum Gasteiger partial charge on any atom is -0.493 e. The number of benzene rings is 1. The van der Waals surface area contributed by atoms with Gasteiger partial charge in [-0.15, -0.1) is 0 Å². The molecule has 0 saturated heterocycles. The Morgan fingerprint density at radius 3 is 3.06 bits per heavy atom. The lowest BCUT2D eigenvalue weighted by molar-refractivity contribution is 0.285. The van der Waals surface area contributed by atoms with Crippen molar-refractivity contribution < 1.29 is 4.74 Å². The summed E-state index contributed by atoms with van der Waals surface area (Å²) >= 11 is 0. The highest BCUT2D eigenvalue weighted by atomic mass is 16.5. The van der Waals surface area contributed by atoms with Crippen molar-refractivity contribution in [2.24, 2.45) is 0 Å². The minimum absolute atomic E-state index is 0.556. The van der Waals surface area contributed by atoms with Gasteiger partial charge in [0, 0.05) is 6.04 Å². The molecule has 0 atom stereocenters. The molecule has 0 fully saturated rings. The van der Waals surface area contributed by atoms with Crippen molar-refractivity contribution in [2.75, 3.05) is 13.2 Å². The predicted molar refractivity (Wildman–Crippen MR) is 67.1 cm³/mol. The van der Waals surface area contributed by atoms with E-state index in [0.29, 0.717) is 6.04 Å². The first-order chi connectivity index (χ1) is 7.77. The largest absolute Gasteiger partial charge is 0.493 e. The Kier molecular flexibility index (Phi) is 3.83. The Morgan fingerprint density at radius 1 is 1.38 bits per heavy atom. The molecule has 0 spiro atoms. The number of ether oxygens (including phenoxy) is 1. The highest BCUT2D eigenvalue weighted by molar-refractivity contribution is 5.42. The van der Waals surface area contributed by atoms with Crippen molar-refractivity contribution in [1.29, 1.82) is 0 Å². The molecule has 0 aromatic heterocycles. The molecule has 2 heteroatoms. The number of hydrogen-bond donors (Lipinski definition) is 1. The summed E-state index contributed by atoms with van der Waals surface area (Å²) in [5, 5.41) is 3.45. The van der Waals surface area contributed by atoms with Gasteiger partial charge in [-0.3, -0.25) is 0 Å². The number of hydrogen-bond acceptors (Lipinski definition) is 2. The van der Waals surface area contributed by atoms with Crippen LogP contribution in [0.1, 0.15) is 31.4 Å². The standard InChI is InChI=1S/C14H21NO/c1-11(2)15-9-8-13-6-3-5-12-7-4-10-16-14(12)13/h3,5-6,11,15H,4,7-10H2,1-2H3. The number of fused-ring (bicyclic) bond motifs is 1. The Morgan fingerprint density at radius 2 is 2.25 bits per heavy atom. The van der Waals surface area contributed by atoms with Crippen LogP contribution in [0.3, 0.4) is 0 Å². The van der Waals surface area contributed by atoms with E-state index in [1.165, 1.54) is 17.5 Å². The van der Waals surface area contributed by atoms with Gasteiger partial charge in [0.05, 0.1) is 6.61 Å². The predicted octanol–water partition coefficient (Wildman–Crippen LogP) is 2.55. The van der Waals surface area contributed by atoms with Crippen molar-refractivity contribution in [3.05, 3.63) is 29.3 Å². The van der Waals surface area contributed by atoms with E-state index in [1.807, 2.05) is 0 Å². The second kappa shape index (κ2) is 5.35. The number of rotatable bonds is 4. The monoisotopic (exact) mass is 219 g/mol. The van der Waals surface area contributed by atoms with E-state index in [2.05, 4.69) is 37.4 Å². The molecule has 1 aromatic carbocycles. The summed E-state index contributed by atoms with van der Waals surface area (Å²) in [5.74, 6) is 1.15. The van der Waals surface area contributed by atoms with E-state index in [9.17, 15) is 0 Å². The zero-order valence-corrected chi connectivity index (χ0v) is 10.3. The lowest BCUT2D eigenvalue weighted by Crippen LogP contribution is -2.25. The van der Waals surface area contributed by atoms with E-state index in [1.54, 1.807) is 0 Å². The third-order valence-corrected chi connectivity index (χ3v) is 2.96. The molecule has 1 aliphatic rings. The SMILES string of the molecule is CC(C)NCCc1cccc2c1OCCC2. The Balaban J connectivity index is 2.03. The molecule has 0 radical (unpaired) electrons. The van der Waals surface area contributed by atoms with E-state index >= 15 is 0 Å². The van der Waals surface area contributed by atoms with E-state index in [-0.39, 0.29) is 0 Å². The van der Waals surface area contributed by atoms with Gasteiger partial charge in [0.1, 0.15) is 5.75 Å². The summed E-state index contributed by atoms with van der Waals surface area (Å²) < 4.78 is 5.78. The average Bonchev–Trinajstić information content (AvgIpc) is 2.29. The summed E-state index contributed by atoms with van der Waals surface area (Å²) in [5.41, 5.74) is 2.73. The highest BCUT2D eigenvalue weighted by Crippen LogP contribution is 2.28. The molecule has 88 valence electrons. The maximum absolute atomic E-state index is 5.78. The van der Waals surface area contributed by atoms with Crippen LogP contribution in [0.5, 0.6) is 5.75 Å². The molecule has 0 saturated carbocycles. The fraction of sp³-hybridized carbons (Fsp3) is 0.571. The van der Waals surface area contributed by atoms with Crippen LogP contribution >= 0.6 is 0 Å². The van der Waals surface area contributed by atoms with Crippen LogP contribution in [0.15, 0.2) is 18.2 Å². The van der Waals surface area contributed by atoms with Crippen LogP contribution in [0.2, 0.25) is 0 Å². The van der Waals surface area contributed by atoms with Gasteiger partial charge in [-0.1, -0.05) is 32.0 Å². The van der Waals surface area contributed by atoms with Crippen LogP contribution in [0.4, 0.5) is 0 Å². The van der Waals surface area contributed by atoms with Crippen LogP contribution in [-0.2, 0) is 12.8 Å². The molecule has 0 aliphatic carbocycles. The van der Waals surface area contributed by atoms with Crippen molar-refractivity contribution in [1.82, 2.24) is 5.32 Å². The topological polar surface area (TPSA) is 21.3 Å². The first kappa shape index (κ1) is 11.5. The first-order valence-electron chi connectivity index (χ1n) is 6.24. The molecule has 0 bridgehead atoms. The van der Waals surface area contributed by atoms with Crippen LogP contribution in [-0.4, -0.2) is 19.2 Å². The van der Waals surface area contributed by atoms with Gasteiger partial charge in [-0.2, -0.15) is 0 Å². The normalized spacial score (nSPS) is 14.7. The van der Waals surface area contributed by atoms with Gasteiger partial charge in [0.2, 0.25) is 0 Å². The second-order valence-corrected chi connectivity index (χ2v) is 4.72. The second-order valence-electron chi connectivity index (χ2n) is 4.72. The number of para-hydroxylation sites is 1. The summed E-state index contributed by atoms with van der Waals surface area (Å²) in [6.07, 6.45) is 3.38. The van der Waals surface area contributed by atoms with Crippen LogP contribution in [0.25, 0.3) is 0 Å². The summed E-state index contributed by atoms with van der Waals surface area (Å²) in [6.45, 7) is 6.26. The first-order valence-corrected chi connectivity index (χ1v) is 6.24. The van der Waals surface area contributed by atoms with Gasteiger partial charge >= 0.3 is 0 Å². The molecule has 2 rings (SSSR count). The van der Waals surface area contributed by atoms with Crippen LogP contribution in [0, 0.1) is 0 Å². The molecule has 0 unspecified atom stereocenters. The number of nitrogens with one attached hydrogen (secondary N) is 1. The zero-order chi connectivity index (χ0) is 11.4. The van der Waals surface area contributed by atoms with Gasteiger partial charge in [-0.05, 0) is 36.9 Å². The van der Waals surface area contributed by atoms with Crippen LogP contribution < -0.4 is 10.1 Å². The summed E-state index contributed by atoms with van der Waals surface area (Å²) in [6, 6.07) is 7.08. The average molecular weight is 219 g/mol. The molecular weight excluding hydrogens is 198 g/mol. The lowest BCUT2D eigenvalue weighted by atomic mass is 10.0. The molecule has 2 nitrogen and oxygen atoms in total. The maximum atomic E-state index is 5.78. The Bertz CT molecular complexity index is 347. The smallest absolute Gasteiger partial charge is 0.125 e. The molecule has 1 N–H and O–H groups in total. The summed E-state index contributed by atoms with van der Waals surface area (Å²) in [7, 11) is 0. The van der Waals surface area contributed by atoms with E-state index in [4.69, 9.17) is 4.74 Å². The highest BCUT2D eigenvalue weighted by Gasteiger charge is 2.13. The van der Waals surface area contributed by atoms with Gasteiger partial charge in [-0.25, -0.2) is 0 Å². The Hall–Kier alpha value is -1.02. The Labute approximate surface area is 98.0 Å². The maximum Gasteiger partial charge on any atom is 0.125 e. The van der Waals surface area contributed by atoms with E-state index < -0.39 is 0 Å². The number of aryl methyl sites for hydroxylation is 1. The van der Waals surface area contributed by atoms with Gasteiger partial charge in [0.15, 0.2) is 0 Å². The molecule has 1 aromatic rings. The fourth-order valence-electron chi connectivity index (χ4n) is 2.15. The van der Waals surface area contributed by atoms with Gasteiger partial charge < -0.3 is 10.1 Å². The molecular formula is C14H21NO. The van der Waals surface area contributed by atoms with E-state index in [0.717, 1.165) is 31.7 Å². The van der Waals surface area contributed by atoms with Gasteiger partial charge in [0.25, 0.3) is 0 Å². The fourth-order valence-corrected chi connectivity index (χ4v) is 2.15. The van der Waals surface area contributed by atoms with Crippen molar-refractivity contribution in [2.45, 2.75) is 39.2 Å². The van der Waals surface area contributed by atoms with Crippen molar-refractivity contribution in [3.8, 4) is 5.75 Å².